The lowest BCUT2D eigenvalue weighted by atomic mass is 10.2. The van der Waals surface area contributed by atoms with Crippen molar-refractivity contribution in [3.63, 3.8) is 0 Å². The van der Waals surface area contributed by atoms with Crippen molar-refractivity contribution in [2.75, 3.05) is 24.3 Å². The Morgan fingerprint density at radius 3 is 2.03 bits per heavy atom. The second-order valence-electron chi connectivity index (χ2n) is 6.16. The van der Waals surface area contributed by atoms with Crippen molar-refractivity contribution >= 4 is 38.9 Å². The molecule has 0 aliphatic rings. The highest BCUT2D eigenvalue weighted by Crippen LogP contribution is 2.30. The maximum absolute atomic E-state index is 12.7. The van der Waals surface area contributed by atoms with Gasteiger partial charge in [0.05, 0.1) is 19.1 Å². The zero-order valence-electron chi connectivity index (χ0n) is 16.2. The van der Waals surface area contributed by atoms with Crippen molar-refractivity contribution in [1.82, 2.24) is 0 Å². The number of halogens is 1. The van der Waals surface area contributed by atoms with Crippen LogP contribution in [0.3, 0.4) is 0 Å². The third-order valence-electron chi connectivity index (χ3n) is 4.17. The molecule has 0 heterocycles. The molecule has 156 valence electrons. The Balaban J connectivity index is 1.73. The number of amides is 1. The Hall–Kier alpha value is -3.23. The first-order chi connectivity index (χ1) is 14.3. The van der Waals surface area contributed by atoms with Gasteiger partial charge in [0.25, 0.3) is 15.9 Å². The number of sulfonamides is 1. The van der Waals surface area contributed by atoms with Crippen LogP contribution in [0.15, 0.2) is 71.6 Å². The molecule has 0 aliphatic heterocycles. The van der Waals surface area contributed by atoms with Crippen LogP contribution < -0.4 is 19.5 Å². The van der Waals surface area contributed by atoms with Gasteiger partial charge in [0, 0.05) is 28.0 Å². The van der Waals surface area contributed by atoms with Gasteiger partial charge in [0.2, 0.25) is 0 Å². The summed E-state index contributed by atoms with van der Waals surface area (Å²) in [5, 5.41) is 3.31. The molecule has 0 atom stereocenters. The van der Waals surface area contributed by atoms with E-state index < -0.39 is 10.0 Å². The van der Waals surface area contributed by atoms with Gasteiger partial charge in [-0.1, -0.05) is 11.6 Å². The lowest BCUT2D eigenvalue weighted by molar-refractivity contribution is 0.102. The molecule has 3 aromatic rings. The predicted molar refractivity (Wildman–Crippen MR) is 116 cm³/mol. The normalized spacial score (nSPS) is 10.9. The van der Waals surface area contributed by atoms with Crippen LogP contribution >= 0.6 is 11.6 Å². The summed E-state index contributed by atoms with van der Waals surface area (Å²) in [7, 11) is -0.962. The molecule has 3 aromatic carbocycles. The molecule has 30 heavy (non-hydrogen) atoms. The quantitative estimate of drug-likeness (QED) is 0.560. The molecule has 2 N–H and O–H groups in total. The number of carbonyl (C=O) groups is 1. The van der Waals surface area contributed by atoms with Gasteiger partial charge in [-0.3, -0.25) is 9.52 Å². The summed E-state index contributed by atoms with van der Waals surface area (Å²) in [6.45, 7) is 0. The van der Waals surface area contributed by atoms with E-state index in [2.05, 4.69) is 10.0 Å². The highest BCUT2D eigenvalue weighted by molar-refractivity contribution is 7.92. The Morgan fingerprint density at radius 2 is 1.43 bits per heavy atom. The van der Waals surface area contributed by atoms with Gasteiger partial charge in [0.15, 0.2) is 11.5 Å². The molecule has 0 bridgehead atoms. The molecule has 0 saturated heterocycles. The fourth-order valence-corrected chi connectivity index (χ4v) is 3.82. The SMILES string of the molecule is COc1ccc(S(=O)(=O)Nc2ccc(C(=O)Nc3ccc(Cl)cc3)cc2)cc1OC. The average Bonchev–Trinajstić information content (AvgIpc) is 2.75. The highest BCUT2D eigenvalue weighted by Gasteiger charge is 2.17. The lowest BCUT2D eigenvalue weighted by Crippen LogP contribution is -2.14. The summed E-state index contributed by atoms with van der Waals surface area (Å²) in [5.41, 5.74) is 1.29. The summed E-state index contributed by atoms with van der Waals surface area (Å²) in [4.78, 5) is 12.4. The van der Waals surface area contributed by atoms with Gasteiger partial charge in [-0.2, -0.15) is 0 Å². The number of hydrogen-bond donors (Lipinski definition) is 2. The van der Waals surface area contributed by atoms with Gasteiger partial charge in [0.1, 0.15) is 0 Å². The molecule has 0 aromatic heterocycles. The number of rotatable bonds is 7. The van der Waals surface area contributed by atoms with E-state index in [-0.39, 0.29) is 10.8 Å². The van der Waals surface area contributed by atoms with Crippen molar-refractivity contribution in [2.45, 2.75) is 4.90 Å². The van der Waals surface area contributed by atoms with E-state index in [1.165, 1.54) is 56.7 Å². The average molecular weight is 447 g/mol. The number of hydrogen-bond acceptors (Lipinski definition) is 5. The Bertz CT molecular complexity index is 1150. The minimum Gasteiger partial charge on any atom is -0.493 e. The smallest absolute Gasteiger partial charge is 0.262 e. The lowest BCUT2D eigenvalue weighted by Gasteiger charge is -2.12. The first-order valence-electron chi connectivity index (χ1n) is 8.74. The van der Waals surface area contributed by atoms with Crippen LogP contribution in [0.2, 0.25) is 5.02 Å². The van der Waals surface area contributed by atoms with Gasteiger partial charge < -0.3 is 14.8 Å². The highest BCUT2D eigenvalue weighted by atomic mass is 35.5. The summed E-state index contributed by atoms with van der Waals surface area (Å²) in [5.74, 6) is 0.397. The number of carbonyl (C=O) groups excluding carboxylic acids is 1. The predicted octanol–water partition coefficient (Wildman–Crippen LogP) is 4.41. The molecule has 0 fully saturated rings. The van der Waals surface area contributed by atoms with Crippen molar-refractivity contribution in [2.24, 2.45) is 0 Å². The zero-order chi connectivity index (χ0) is 21.7. The van der Waals surface area contributed by atoms with Crippen LogP contribution in [0.1, 0.15) is 10.4 Å². The Labute approximate surface area is 179 Å². The maximum Gasteiger partial charge on any atom is 0.262 e. The van der Waals surface area contributed by atoms with Gasteiger partial charge in [-0.15, -0.1) is 0 Å². The van der Waals surface area contributed by atoms with Crippen molar-refractivity contribution in [3.05, 3.63) is 77.3 Å². The topological polar surface area (TPSA) is 93.7 Å². The fourth-order valence-electron chi connectivity index (χ4n) is 2.62. The second-order valence-corrected chi connectivity index (χ2v) is 8.28. The molecule has 0 unspecified atom stereocenters. The molecule has 1 amide bonds. The number of ether oxygens (including phenoxy) is 2. The van der Waals surface area contributed by atoms with Gasteiger partial charge in [-0.05, 0) is 60.7 Å². The standard InChI is InChI=1S/C21H19ClN2O5S/c1-28-19-12-11-18(13-20(19)29-2)30(26,27)24-17-7-3-14(4-8-17)21(25)23-16-9-5-15(22)6-10-16/h3-13,24H,1-2H3,(H,23,25). The summed E-state index contributed by atoms with van der Waals surface area (Å²) in [6, 6.07) is 17.1. The van der Waals surface area contributed by atoms with Crippen LogP contribution in [0.4, 0.5) is 11.4 Å². The molecular formula is C21H19ClN2O5S. The zero-order valence-corrected chi connectivity index (χ0v) is 17.8. The minimum absolute atomic E-state index is 0.0182. The van der Waals surface area contributed by atoms with Crippen LogP contribution in [0.5, 0.6) is 11.5 Å². The third-order valence-corrected chi connectivity index (χ3v) is 5.80. The summed E-state index contributed by atoms with van der Waals surface area (Å²) >= 11 is 5.83. The molecular weight excluding hydrogens is 428 g/mol. The van der Waals surface area contributed by atoms with E-state index in [4.69, 9.17) is 21.1 Å². The van der Waals surface area contributed by atoms with Gasteiger partial charge >= 0.3 is 0 Å². The molecule has 9 heteroatoms. The van der Waals surface area contributed by atoms with Crippen molar-refractivity contribution < 1.29 is 22.7 Å². The number of anilines is 2. The molecule has 0 spiro atoms. The van der Waals surface area contributed by atoms with E-state index in [0.717, 1.165) is 0 Å². The summed E-state index contributed by atoms with van der Waals surface area (Å²) < 4.78 is 38.1. The van der Waals surface area contributed by atoms with Gasteiger partial charge in [-0.25, -0.2) is 8.42 Å². The van der Waals surface area contributed by atoms with Crippen LogP contribution in [-0.2, 0) is 10.0 Å². The van der Waals surface area contributed by atoms with Crippen molar-refractivity contribution in [1.29, 1.82) is 0 Å². The van der Waals surface area contributed by atoms with Crippen LogP contribution in [0, 0.1) is 0 Å². The first kappa shape index (κ1) is 21.5. The number of benzene rings is 3. The van der Waals surface area contributed by atoms with E-state index in [1.54, 1.807) is 24.3 Å². The largest absolute Gasteiger partial charge is 0.493 e. The molecule has 0 saturated carbocycles. The summed E-state index contributed by atoms with van der Waals surface area (Å²) in [6.07, 6.45) is 0. The maximum atomic E-state index is 12.7. The number of methoxy groups -OCH3 is 2. The minimum atomic E-state index is -3.86. The fraction of sp³-hybridized carbons (Fsp3) is 0.0952. The van der Waals surface area contributed by atoms with E-state index in [1.807, 2.05) is 0 Å². The first-order valence-corrected chi connectivity index (χ1v) is 10.6. The van der Waals surface area contributed by atoms with E-state index >= 15 is 0 Å². The van der Waals surface area contributed by atoms with E-state index in [9.17, 15) is 13.2 Å². The third kappa shape index (κ3) is 5.03. The number of nitrogens with one attached hydrogen (secondary N) is 2. The molecule has 7 nitrogen and oxygen atoms in total. The second kappa shape index (κ2) is 9.06. The monoisotopic (exact) mass is 446 g/mol. The van der Waals surface area contributed by atoms with Crippen LogP contribution in [0.25, 0.3) is 0 Å². The molecule has 0 aliphatic carbocycles. The van der Waals surface area contributed by atoms with E-state index in [0.29, 0.717) is 33.5 Å². The Kier molecular flexibility index (Phi) is 6.49. The van der Waals surface area contributed by atoms with Crippen LogP contribution in [-0.4, -0.2) is 28.5 Å². The van der Waals surface area contributed by atoms with Crippen molar-refractivity contribution in [3.8, 4) is 11.5 Å². The Morgan fingerprint density at radius 1 is 0.833 bits per heavy atom. The molecule has 3 rings (SSSR count). The molecule has 0 radical (unpaired) electrons.